The van der Waals surface area contributed by atoms with E-state index in [4.69, 9.17) is 0 Å². The molecule has 0 aromatic heterocycles. The number of carbonyl (C=O) groups excluding carboxylic acids is 1. The molecule has 0 bridgehead atoms. The Hall–Kier alpha value is -2.72. The molecule has 0 radical (unpaired) electrons. The number of amides is 1. The summed E-state index contributed by atoms with van der Waals surface area (Å²) in [5, 5.41) is 5.65. The Kier molecular flexibility index (Phi) is 7.04. The molecule has 0 aliphatic carbocycles. The third-order valence-electron chi connectivity index (χ3n) is 5.42. The van der Waals surface area contributed by atoms with Crippen LogP contribution in [0.3, 0.4) is 0 Å². The van der Waals surface area contributed by atoms with E-state index in [1.54, 1.807) is 13.8 Å². The van der Waals surface area contributed by atoms with Gasteiger partial charge in [-0.15, -0.1) is 0 Å². The predicted octanol–water partition coefficient (Wildman–Crippen LogP) is 4.42. The molecular weight excluding hydrogens is 443 g/mol. The molecule has 0 atom stereocenters. The topological polar surface area (TPSA) is 87.6 Å². The summed E-state index contributed by atoms with van der Waals surface area (Å²) in [6, 6.07) is 8.45. The van der Waals surface area contributed by atoms with Crippen molar-refractivity contribution in [2.45, 2.75) is 37.8 Å². The fourth-order valence-electron chi connectivity index (χ4n) is 3.61. The van der Waals surface area contributed by atoms with Crippen molar-refractivity contribution in [1.82, 2.24) is 5.32 Å². The highest BCUT2D eigenvalue weighted by atomic mass is 32.2. The molecule has 1 heterocycles. The van der Waals surface area contributed by atoms with Crippen molar-refractivity contribution in [3.8, 4) is 0 Å². The van der Waals surface area contributed by atoms with E-state index < -0.39 is 33.2 Å². The molecule has 3 rings (SSSR count). The van der Waals surface area contributed by atoms with Crippen LogP contribution in [0, 0.1) is 12.8 Å². The van der Waals surface area contributed by atoms with Crippen LogP contribution < -0.4 is 10.6 Å². The van der Waals surface area contributed by atoms with Crippen LogP contribution in [0.2, 0.25) is 0 Å². The van der Waals surface area contributed by atoms with E-state index in [0.29, 0.717) is 11.3 Å². The lowest BCUT2D eigenvalue weighted by Crippen LogP contribution is -2.31. The summed E-state index contributed by atoms with van der Waals surface area (Å²) in [6.07, 6.45) is -3.05. The molecule has 1 fully saturated rings. The van der Waals surface area contributed by atoms with Crippen molar-refractivity contribution < 1.29 is 26.4 Å². The van der Waals surface area contributed by atoms with Gasteiger partial charge in [0, 0.05) is 17.3 Å². The van der Waals surface area contributed by atoms with Gasteiger partial charge < -0.3 is 10.6 Å². The maximum absolute atomic E-state index is 13.2. The predicted molar refractivity (Wildman–Crippen MR) is 116 cm³/mol. The van der Waals surface area contributed by atoms with Gasteiger partial charge in [0.25, 0.3) is 15.9 Å². The van der Waals surface area contributed by atoms with Crippen LogP contribution in [-0.4, -0.2) is 33.1 Å². The van der Waals surface area contributed by atoms with Crippen molar-refractivity contribution in [2.75, 3.05) is 18.4 Å². The molecule has 32 heavy (non-hydrogen) atoms. The molecule has 1 saturated heterocycles. The minimum absolute atomic E-state index is 0.0445. The number of hydrogen-bond donors (Lipinski definition) is 2. The Morgan fingerprint density at radius 3 is 2.41 bits per heavy atom. The molecule has 1 aliphatic rings. The number of halogens is 3. The second kappa shape index (κ2) is 9.41. The largest absolute Gasteiger partial charge is 0.417 e. The van der Waals surface area contributed by atoms with Gasteiger partial charge >= 0.3 is 6.18 Å². The van der Waals surface area contributed by atoms with Crippen LogP contribution in [0.4, 0.5) is 18.9 Å². The second-order valence-electron chi connectivity index (χ2n) is 7.71. The number of sulfonamides is 1. The van der Waals surface area contributed by atoms with Crippen LogP contribution >= 0.6 is 0 Å². The van der Waals surface area contributed by atoms with Crippen molar-refractivity contribution in [1.29, 1.82) is 0 Å². The van der Waals surface area contributed by atoms with Crippen LogP contribution in [0.25, 0.3) is 0 Å². The molecular formula is C22H24F3N3O3S. The standard InChI is InChI=1S/C22H24F3N3O3S/c1-14-13-17(32(30,31)28-15(2)16-9-11-26-12-10-16)7-8-20(14)27-21(29)18-5-3-4-6-19(18)22(23,24)25/h3-8,13,16,26H,9-12H2,1-2H3,(H,27,29)/b28-15-. The van der Waals surface area contributed by atoms with E-state index in [9.17, 15) is 26.4 Å². The maximum Gasteiger partial charge on any atom is 0.417 e. The van der Waals surface area contributed by atoms with Crippen molar-refractivity contribution in [3.05, 3.63) is 59.2 Å². The molecule has 6 nitrogen and oxygen atoms in total. The summed E-state index contributed by atoms with van der Waals surface area (Å²) in [5.41, 5.74) is -0.413. The van der Waals surface area contributed by atoms with E-state index in [0.717, 1.165) is 38.1 Å². The van der Waals surface area contributed by atoms with Gasteiger partial charge in [-0.2, -0.15) is 26.0 Å². The minimum atomic E-state index is -4.68. The van der Waals surface area contributed by atoms with Crippen LogP contribution in [-0.2, 0) is 16.2 Å². The number of alkyl halides is 3. The third kappa shape index (κ3) is 5.55. The lowest BCUT2D eigenvalue weighted by atomic mass is 9.94. The molecule has 1 amide bonds. The molecule has 2 aromatic carbocycles. The smallest absolute Gasteiger partial charge is 0.322 e. The monoisotopic (exact) mass is 467 g/mol. The Balaban J connectivity index is 1.82. The number of hydrogen-bond acceptors (Lipinski definition) is 4. The average Bonchev–Trinajstić information content (AvgIpc) is 2.74. The zero-order chi connectivity index (χ0) is 23.5. The molecule has 0 saturated carbocycles. The van der Waals surface area contributed by atoms with Gasteiger partial charge in [0.15, 0.2) is 0 Å². The maximum atomic E-state index is 13.2. The number of nitrogens with one attached hydrogen (secondary N) is 2. The lowest BCUT2D eigenvalue weighted by molar-refractivity contribution is -0.137. The van der Waals surface area contributed by atoms with E-state index in [2.05, 4.69) is 15.0 Å². The van der Waals surface area contributed by atoms with Gasteiger partial charge in [-0.3, -0.25) is 4.79 Å². The summed E-state index contributed by atoms with van der Waals surface area (Å²) >= 11 is 0. The third-order valence-corrected chi connectivity index (χ3v) is 6.79. The SMILES string of the molecule is C/C(=N/S(=O)(=O)c1ccc(NC(=O)c2ccccc2C(F)(F)F)c(C)c1)C1CCNCC1. The zero-order valence-corrected chi connectivity index (χ0v) is 18.5. The number of rotatable bonds is 5. The van der Waals surface area contributed by atoms with Gasteiger partial charge in [0.2, 0.25) is 0 Å². The van der Waals surface area contributed by atoms with E-state index >= 15 is 0 Å². The average molecular weight is 468 g/mol. The number of piperidine rings is 1. The van der Waals surface area contributed by atoms with Crippen LogP contribution in [0.15, 0.2) is 51.8 Å². The summed E-state index contributed by atoms with van der Waals surface area (Å²) in [4.78, 5) is 12.4. The van der Waals surface area contributed by atoms with E-state index in [1.165, 1.54) is 30.3 Å². The summed E-state index contributed by atoms with van der Waals surface area (Å²) in [6.45, 7) is 4.88. The first-order valence-corrected chi connectivity index (χ1v) is 11.5. The Morgan fingerprint density at radius 1 is 1.12 bits per heavy atom. The number of carbonyl (C=O) groups is 1. The Morgan fingerprint density at radius 2 is 1.78 bits per heavy atom. The number of anilines is 1. The quantitative estimate of drug-likeness (QED) is 0.638. The van der Waals surface area contributed by atoms with Gasteiger partial charge in [-0.25, -0.2) is 0 Å². The summed E-state index contributed by atoms with van der Waals surface area (Å²) < 4.78 is 69.0. The van der Waals surface area contributed by atoms with Gasteiger partial charge in [0.05, 0.1) is 16.0 Å². The summed E-state index contributed by atoms with van der Waals surface area (Å²) in [5.74, 6) is -0.837. The Labute approximate surface area is 185 Å². The molecule has 0 unspecified atom stereocenters. The van der Waals surface area contributed by atoms with E-state index in [1.807, 2.05) is 0 Å². The highest BCUT2D eigenvalue weighted by Crippen LogP contribution is 2.32. The molecule has 1 aliphatic heterocycles. The molecule has 2 aromatic rings. The number of benzene rings is 2. The molecule has 172 valence electrons. The first-order valence-electron chi connectivity index (χ1n) is 10.1. The Bertz CT molecular complexity index is 1140. The first kappa shape index (κ1) is 23.9. The van der Waals surface area contributed by atoms with Gasteiger partial charge in [-0.1, -0.05) is 12.1 Å². The lowest BCUT2D eigenvalue weighted by Gasteiger charge is -2.22. The number of nitrogens with zero attached hydrogens (tertiary/aromatic N) is 1. The molecule has 0 spiro atoms. The van der Waals surface area contributed by atoms with Crippen molar-refractivity contribution in [3.63, 3.8) is 0 Å². The fourth-order valence-corrected chi connectivity index (χ4v) is 4.81. The normalized spacial score (nSPS) is 16.1. The zero-order valence-electron chi connectivity index (χ0n) is 17.7. The fraction of sp³-hybridized carbons (Fsp3) is 0.364. The summed E-state index contributed by atoms with van der Waals surface area (Å²) in [7, 11) is -3.95. The molecule has 2 N–H and O–H groups in total. The second-order valence-corrected chi connectivity index (χ2v) is 9.31. The highest BCUT2D eigenvalue weighted by molar-refractivity contribution is 7.90. The van der Waals surface area contributed by atoms with Crippen LogP contribution in [0.5, 0.6) is 0 Å². The van der Waals surface area contributed by atoms with Crippen molar-refractivity contribution >= 4 is 27.3 Å². The molecule has 10 heteroatoms. The number of aryl methyl sites for hydroxylation is 1. The van der Waals surface area contributed by atoms with Gasteiger partial charge in [-0.05, 0) is 75.7 Å². The first-order chi connectivity index (χ1) is 15.0. The van der Waals surface area contributed by atoms with Crippen LogP contribution in [0.1, 0.15) is 41.3 Å². The highest BCUT2D eigenvalue weighted by Gasteiger charge is 2.35. The van der Waals surface area contributed by atoms with Gasteiger partial charge in [0.1, 0.15) is 0 Å². The minimum Gasteiger partial charge on any atom is -0.322 e. The van der Waals surface area contributed by atoms with E-state index in [-0.39, 0.29) is 16.5 Å². The van der Waals surface area contributed by atoms with Crippen molar-refractivity contribution in [2.24, 2.45) is 10.3 Å².